The number of piperazine rings is 2. The van der Waals surface area contributed by atoms with Crippen LogP contribution in [0.15, 0.2) is 0 Å². The molecule has 30 heavy (non-hydrogen) atoms. The molecule has 8 heteroatoms. The van der Waals surface area contributed by atoms with Gasteiger partial charge in [-0.3, -0.25) is 19.2 Å². The van der Waals surface area contributed by atoms with Gasteiger partial charge in [0.05, 0.1) is 17.7 Å². The molecule has 2 fully saturated rings. The molecule has 2 aliphatic heterocycles. The van der Waals surface area contributed by atoms with Crippen LogP contribution in [0.4, 0.5) is 0 Å². The van der Waals surface area contributed by atoms with Crippen LogP contribution in [0.25, 0.3) is 0 Å². The molecular formula is C22H40N4O4. The normalized spacial score (nSPS) is 25.6. The second-order valence-corrected chi connectivity index (χ2v) is 10.8. The SMILES string of the molecule is CCON1C(C)(C)CN(CCN2CC(C)(C)N(C(C)=O)C(C)(C)C2=O)C(=O)C1(C)C. The fourth-order valence-corrected chi connectivity index (χ4v) is 5.57. The second-order valence-electron chi connectivity index (χ2n) is 10.8. The first kappa shape index (κ1) is 24.6. The Balaban J connectivity index is 2.20. The molecule has 2 aliphatic rings. The zero-order valence-electron chi connectivity index (χ0n) is 20.5. The van der Waals surface area contributed by atoms with E-state index >= 15 is 0 Å². The molecule has 0 aromatic heterocycles. The molecule has 0 N–H and O–H groups in total. The van der Waals surface area contributed by atoms with Crippen molar-refractivity contribution in [2.75, 3.05) is 32.8 Å². The van der Waals surface area contributed by atoms with Gasteiger partial charge in [0.25, 0.3) is 0 Å². The number of amides is 3. The van der Waals surface area contributed by atoms with Crippen LogP contribution in [-0.4, -0.2) is 92.4 Å². The van der Waals surface area contributed by atoms with Crippen molar-refractivity contribution < 1.29 is 19.2 Å². The first-order valence-electron chi connectivity index (χ1n) is 10.8. The molecule has 0 saturated carbocycles. The highest BCUT2D eigenvalue weighted by Gasteiger charge is 2.53. The molecule has 0 atom stereocenters. The lowest BCUT2D eigenvalue weighted by atomic mass is 9.86. The molecule has 0 radical (unpaired) electrons. The van der Waals surface area contributed by atoms with Gasteiger partial charge in [0.2, 0.25) is 17.7 Å². The van der Waals surface area contributed by atoms with Crippen molar-refractivity contribution in [1.82, 2.24) is 19.8 Å². The molecule has 0 spiro atoms. The topological polar surface area (TPSA) is 73.4 Å². The summed E-state index contributed by atoms with van der Waals surface area (Å²) >= 11 is 0. The third-order valence-corrected chi connectivity index (χ3v) is 6.21. The number of carbonyl (C=O) groups excluding carboxylic acids is 3. The van der Waals surface area contributed by atoms with Crippen LogP contribution in [0.1, 0.15) is 69.2 Å². The van der Waals surface area contributed by atoms with Crippen molar-refractivity contribution >= 4 is 17.7 Å². The predicted octanol–water partition coefficient (Wildman–Crippen LogP) is 1.89. The molecule has 0 aromatic carbocycles. The predicted molar refractivity (Wildman–Crippen MR) is 115 cm³/mol. The Labute approximate surface area is 181 Å². The van der Waals surface area contributed by atoms with Crippen molar-refractivity contribution in [3.8, 4) is 0 Å². The summed E-state index contributed by atoms with van der Waals surface area (Å²) in [6.07, 6.45) is 0. The number of nitrogens with zero attached hydrogens (tertiary/aromatic N) is 4. The maximum Gasteiger partial charge on any atom is 0.248 e. The van der Waals surface area contributed by atoms with Gasteiger partial charge in [-0.15, -0.1) is 0 Å². The van der Waals surface area contributed by atoms with Crippen LogP contribution in [0.5, 0.6) is 0 Å². The third kappa shape index (κ3) is 4.08. The van der Waals surface area contributed by atoms with E-state index in [-0.39, 0.29) is 23.3 Å². The lowest BCUT2D eigenvalue weighted by Crippen LogP contribution is -2.73. The van der Waals surface area contributed by atoms with Gasteiger partial charge in [0.15, 0.2) is 0 Å². The van der Waals surface area contributed by atoms with Crippen LogP contribution < -0.4 is 0 Å². The highest BCUT2D eigenvalue weighted by Crippen LogP contribution is 2.35. The van der Waals surface area contributed by atoms with Crippen LogP contribution in [0, 0.1) is 0 Å². The third-order valence-electron chi connectivity index (χ3n) is 6.21. The Bertz CT molecular complexity index is 714. The standard InChI is InChI=1S/C22H40N4O4/c1-11-30-26-20(5,6)15-24(18(29)22(26,9)10)13-12-23-14-19(3,4)25(16(2)27)21(7,8)17(23)28/h11-15H2,1-10H3. The Morgan fingerprint density at radius 2 is 1.27 bits per heavy atom. The zero-order valence-corrected chi connectivity index (χ0v) is 20.5. The molecule has 0 unspecified atom stereocenters. The van der Waals surface area contributed by atoms with E-state index in [1.165, 1.54) is 6.92 Å². The van der Waals surface area contributed by atoms with Crippen molar-refractivity contribution in [3.63, 3.8) is 0 Å². The van der Waals surface area contributed by atoms with Crippen LogP contribution in [0.3, 0.4) is 0 Å². The van der Waals surface area contributed by atoms with E-state index in [0.29, 0.717) is 32.8 Å². The minimum Gasteiger partial charge on any atom is -0.337 e. The maximum absolute atomic E-state index is 13.2. The molecule has 2 heterocycles. The number of hydrogen-bond acceptors (Lipinski definition) is 5. The summed E-state index contributed by atoms with van der Waals surface area (Å²) in [6.45, 7) is 21.2. The first-order chi connectivity index (χ1) is 13.5. The molecule has 8 nitrogen and oxygen atoms in total. The summed E-state index contributed by atoms with van der Waals surface area (Å²) in [5, 5.41) is 1.81. The van der Waals surface area contributed by atoms with Gasteiger partial charge >= 0.3 is 0 Å². The average molecular weight is 425 g/mol. The molecule has 0 aliphatic carbocycles. The van der Waals surface area contributed by atoms with E-state index in [1.807, 2.05) is 44.6 Å². The zero-order chi connectivity index (χ0) is 23.3. The number of hydroxylamine groups is 2. The van der Waals surface area contributed by atoms with E-state index in [4.69, 9.17) is 4.84 Å². The Morgan fingerprint density at radius 3 is 1.70 bits per heavy atom. The molecule has 0 bridgehead atoms. The molecule has 172 valence electrons. The van der Waals surface area contributed by atoms with Gasteiger partial charge in [-0.05, 0) is 62.3 Å². The summed E-state index contributed by atoms with van der Waals surface area (Å²) in [5.41, 5.74) is -2.57. The highest BCUT2D eigenvalue weighted by atomic mass is 16.7. The Hall–Kier alpha value is -1.67. The summed E-state index contributed by atoms with van der Waals surface area (Å²) in [4.78, 5) is 49.8. The minimum atomic E-state index is -0.927. The summed E-state index contributed by atoms with van der Waals surface area (Å²) in [5.74, 6) is -0.205. The van der Waals surface area contributed by atoms with Gasteiger partial charge < -0.3 is 14.7 Å². The van der Waals surface area contributed by atoms with Crippen molar-refractivity contribution in [2.45, 2.75) is 91.4 Å². The molecule has 3 amide bonds. The van der Waals surface area contributed by atoms with Crippen LogP contribution in [0.2, 0.25) is 0 Å². The van der Waals surface area contributed by atoms with Crippen LogP contribution >= 0.6 is 0 Å². The fraction of sp³-hybridized carbons (Fsp3) is 0.864. The van der Waals surface area contributed by atoms with E-state index in [0.717, 1.165) is 0 Å². The quantitative estimate of drug-likeness (QED) is 0.674. The largest absolute Gasteiger partial charge is 0.337 e. The summed E-state index contributed by atoms with van der Waals surface area (Å²) in [6, 6.07) is 0. The number of rotatable bonds is 5. The van der Waals surface area contributed by atoms with Gasteiger partial charge in [0.1, 0.15) is 11.1 Å². The van der Waals surface area contributed by atoms with E-state index in [2.05, 4.69) is 13.8 Å². The van der Waals surface area contributed by atoms with E-state index in [1.54, 1.807) is 23.6 Å². The van der Waals surface area contributed by atoms with Gasteiger partial charge in [-0.1, -0.05) is 0 Å². The lowest BCUT2D eigenvalue weighted by Gasteiger charge is -2.56. The monoisotopic (exact) mass is 424 g/mol. The second kappa shape index (κ2) is 7.79. The van der Waals surface area contributed by atoms with Gasteiger partial charge in [0, 0.05) is 33.1 Å². The van der Waals surface area contributed by atoms with Gasteiger partial charge in [-0.25, -0.2) is 0 Å². The van der Waals surface area contributed by atoms with E-state index < -0.39 is 16.6 Å². The smallest absolute Gasteiger partial charge is 0.248 e. The molecule has 2 saturated heterocycles. The van der Waals surface area contributed by atoms with Crippen molar-refractivity contribution in [1.29, 1.82) is 0 Å². The maximum atomic E-state index is 13.2. The lowest BCUT2D eigenvalue weighted by molar-refractivity contribution is -0.277. The summed E-state index contributed by atoms with van der Waals surface area (Å²) < 4.78 is 0. The Morgan fingerprint density at radius 1 is 0.833 bits per heavy atom. The average Bonchev–Trinajstić information content (AvgIpc) is 2.57. The van der Waals surface area contributed by atoms with Crippen molar-refractivity contribution in [2.24, 2.45) is 0 Å². The molecule has 0 aromatic rings. The highest BCUT2D eigenvalue weighted by molar-refractivity contribution is 5.92. The van der Waals surface area contributed by atoms with Gasteiger partial charge in [-0.2, -0.15) is 5.06 Å². The summed E-state index contributed by atoms with van der Waals surface area (Å²) in [7, 11) is 0. The Kier molecular flexibility index (Phi) is 6.38. The number of carbonyl (C=O) groups is 3. The minimum absolute atomic E-state index is 0.0105. The van der Waals surface area contributed by atoms with Crippen molar-refractivity contribution in [3.05, 3.63) is 0 Å². The van der Waals surface area contributed by atoms with Crippen LogP contribution in [-0.2, 0) is 19.2 Å². The van der Waals surface area contributed by atoms with E-state index in [9.17, 15) is 14.4 Å². The first-order valence-corrected chi connectivity index (χ1v) is 10.8. The number of hydrogen-bond donors (Lipinski definition) is 0. The molecular weight excluding hydrogens is 384 g/mol. The fourth-order valence-electron chi connectivity index (χ4n) is 5.57. The molecule has 2 rings (SSSR count).